The number of halogens is 2. The molecule has 140 valence electrons. The Morgan fingerprint density at radius 1 is 0.852 bits per heavy atom. The minimum absolute atomic E-state index is 0.0358. The molecule has 0 saturated heterocycles. The number of ether oxygens (including phenoxy) is 2. The molecule has 0 spiro atoms. The van der Waals surface area contributed by atoms with E-state index >= 15 is 0 Å². The summed E-state index contributed by atoms with van der Waals surface area (Å²) in [5.41, 5.74) is 4.07. The summed E-state index contributed by atoms with van der Waals surface area (Å²) >= 11 is 7.15. The summed E-state index contributed by atoms with van der Waals surface area (Å²) in [4.78, 5) is 13.0. The molecule has 2 aromatic carbocycles. The molecule has 0 radical (unpaired) electrons. The van der Waals surface area contributed by atoms with Crippen LogP contribution in [0.4, 0.5) is 0 Å². The molecule has 0 unspecified atom stereocenters. The quantitative estimate of drug-likeness (QED) is 0.360. The van der Waals surface area contributed by atoms with Gasteiger partial charge in [-0.3, -0.25) is 0 Å². The number of rotatable bonds is 4. The molecule has 0 aliphatic rings. The Bertz CT molecular complexity index is 1170. The number of H-pyrrole nitrogens is 1. The van der Waals surface area contributed by atoms with Gasteiger partial charge in [0.1, 0.15) is 5.52 Å². The fourth-order valence-electron chi connectivity index (χ4n) is 3.04. The van der Waals surface area contributed by atoms with Crippen LogP contribution in [0.2, 0.25) is 0 Å². The van der Waals surface area contributed by atoms with Crippen LogP contribution < -0.4 is 9.47 Å². The van der Waals surface area contributed by atoms with Crippen molar-refractivity contribution in [3.8, 4) is 11.5 Å². The number of hydrogen-bond donors (Lipinski definition) is 1. The van der Waals surface area contributed by atoms with Crippen LogP contribution in [0.3, 0.4) is 0 Å². The molecule has 0 aliphatic carbocycles. The molecule has 0 saturated carbocycles. The van der Waals surface area contributed by atoms with Crippen molar-refractivity contribution in [1.29, 1.82) is 0 Å². The van der Waals surface area contributed by atoms with Gasteiger partial charge in [-0.05, 0) is 55.8 Å². The lowest BCUT2D eigenvalue weighted by molar-refractivity contribution is 0.199. The van der Waals surface area contributed by atoms with E-state index in [-0.39, 0.29) is 12.2 Å². The van der Waals surface area contributed by atoms with Crippen molar-refractivity contribution in [2.24, 2.45) is 0 Å². The first kappa shape index (κ1) is 18.5. The predicted molar refractivity (Wildman–Crippen MR) is 116 cm³/mol. The Kier molecular flexibility index (Phi) is 4.76. The maximum Gasteiger partial charge on any atom is 0.163 e. The van der Waals surface area contributed by atoms with Gasteiger partial charge in [-0.15, -0.1) is 0 Å². The van der Waals surface area contributed by atoms with Gasteiger partial charge in [-0.2, -0.15) is 0 Å². The van der Waals surface area contributed by atoms with E-state index in [2.05, 4.69) is 36.8 Å². The number of nitrogens with zero attached hydrogens (tertiary/aromatic N) is 2. The zero-order valence-corrected chi connectivity index (χ0v) is 18.6. The predicted octanol–water partition coefficient (Wildman–Crippen LogP) is 6.36. The van der Waals surface area contributed by atoms with E-state index in [1.54, 1.807) is 0 Å². The molecule has 4 aromatic rings. The summed E-state index contributed by atoms with van der Waals surface area (Å²) < 4.78 is 13.8. The number of aromatic amines is 1. The smallest absolute Gasteiger partial charge is 0.163 e. The molecule has 0 fully saturated rings. The Hall–Kier alpha value is -1.86. The Morgan fingerprint density at radius 3 is 2.04 bits per heavy atom. The van der Waals surface area contributed by atoms with E-state index in [1.165, 1.54) is 0 Å². The lowest BCUT2D eigenvalue weighted by atomic mass is 10.2. The highest BCUT2D eigenvalue weighted by molar-refractivity contribution is 9.11. The third kappa shape index (κ3) is 3.50. The Morgan fingerprint density at radius 2 is 1.44 bits per heavy atom. The molecule has 0 amide bonds. The average molecular weight is 493 g/mol. The van der Waals surface area contributed by atoms with Crippen molar-refractivity contribution in [2.75, 3.05) is 0 Å². The topological polar surface area (TPSA) is 60.0 Å². The second-order valence-corrected chi connectivity index (χ2v) is 8.75. The Balaban J connectivity index is 1.99. The molecule has 7 heteroatoms. The molecule has 4 rings (SSSR count). The maximum absolute atomic E-state index is 5.96. The van der Waals surface area contributed by atoms with Gasteiger partial charge in [0.05, 0.1) is 28.8 Å². The standard InChI is InChI=1S/C20H19Br2N3O2/c1-9(2)26-16-7-14-15(8-17(16)27-10(3)4)24-20-19(23-14)12-5-11(21)6-13(22)18(12)25-20/h5-10H,1-4H3,(H,24,25). The SMILES string of the molecule is CC(C)Oc1cc2nc3[nH]c4c(Br)cc(Br)cc4c3nc2cc1OC(C)C. The van der Waals surface area contributed by atoms with Crippen molar-refractivity contribution in [3.63, 3.8) is 0 Å². The van der Waals surface area contributed by atoms with Gasteiger partial charge < -0.3 is 14.5 Å². The zero-order chi connectivity index (χ0) is 19.3. The van der Waals surface area contributed by atoms with E-state index < -0.39 is 0 Å². The summed E-state index contributed by atoms with van der Waals surface area (Å²) in [5.74, 6) is 1.36. The fourth-order valence-corrected chi connectivity index (χ4v) is 4.36. The van der Waals surface area contributed by atoms with Gasteiger partial charge in [0, 0.05) is 26.5 Å². The van der Waals surface area contributed by atoms with Crippen LogP contribution in [0.25, 0.3) is 33.1 Å². The second kappa shape index (κ2) is 6.95. The molecular weight excluding hydrogens is 474 g/mol. The first-order chi connectivity index (χ1) is 12.8. The number of hydrogen-bond acceptors (Lipinski definition) is 4. The summed E-state index contributed by atoms with van der Waals surface area (Å²) in [6.45, 7) is 7.97. The highest BCUT2D eigenvalue weighted by atomic mass is 79.9. The molecule has 1 N–H and O–H groups in total. The first-order valence-electron chi connectivity index (χ1n) is 8.77. The monoisotopic (exact) mass is 491 g/mol. The largest absolute Gasteiger partial charge is 0.487 e. The fraction of sp³-hybridized carbons (Fsp3) is 0.300. The van der Waals surface area contributed by atoms with Crippen molar-refractivity contribution in [1.82, 2.24) is 15.0 Å². The van der Waals surface area contributed by atoms with Gasteiger partial charge >= 0.3 is 0 Å². The van der Waals surface area contributed by atoms with Crippen molar-refractivity contribution < 1.29 is 9.47 Å². The number of aromatic nitrogens is 3. The minimum Gasteiger partial charge on any atom is -0.487 e. The molecule has 2 heterocycles. The van der Waals surface area contributed by atoms with E-state index in [0.717, 1.165) is 42.0 Å². The third-order valence-corrected chi connectivity index (χ3v) is 5.09. The molecule has 27 heavy (non-hydrogen) atoms. The average Bonchev–Trinajstić information content (AvgIpc) is 2.90. The molecule has 0 aliphatic heterocycles. The lowest BCUT2D eigenvalue weighted by Crippen LogP contribution is -2.11. The van der Waals surface area contributed by atoms with E-state index in [9.17, 15) is 0 Å². The number of fused-ring (bicyclic) bond motifs is 4. The van der Waals surface area contributed by atoms with Gasteiger partial charge in [0.15, 0.2) is 17.1 Å². The molecule has 0 bridgehead atoms. The van der Waals surface area contributed by atoms with Crippen molar-refractivity contribution in [3.05, 3.63) is 33.2 Å². The lowest BCUT2D eigenvalue weighted by Gasteiger charge is -2.17. The van der Waals surface area contributed by atoms with Gasteiger partial charge in [0.2, 0.25) is 0 Å². The van der Waals surface area contributed by atoms with Gasteiger partial charge in [0.25, 0.3) is 0 Å². The van der Waals surface area contributed by atoms with E-state index in [0.29, 0.717) is 11.5 Å². The molecular formula is C20H19Br2N3O2. The normalized spacial score (nSPS) is 12.0. The van der Waals surface area contributed by atoms with Crippen molar-refractivity contribution >= 4 is 65.0 Å². The van der Waals surface area contributed by atoms with Crippen LogP contribution in [0, 0.1) is 0 Å². The van der Waals surface area contributed by atoms with Crippen LogP contribution in [-0.2, 0) is 0 Å². The maximum atomic E-state index is 5.96. The number of nitrogens with one attached hydrogen (secondary N) is 1. The van der Waals surface area contributed by atoms with Crippen LogP contribution in [0.5, 0.6) is 11.5 Å². The van der Waals surface area contributed by atoms with E-state index in [4.69, 9.17) is 19.4 Å². The van der Waals surface area contributed by atoms with Crippen LogP contribution in [0.1, 0.15) is 27.7 Å². The third-order valence-electron chi connectivity index (χ3n) is 4.01. The molecule has 0 atom stereocenters. The van der Waals surface area contributed by atoms with Gasteiger partial charge in [-0.1, -0.05) is 15.9 Å². The summed E-state index contributed by atoms with van der Waals surface area (Å²) in [7, 11) is 0. The van der Waals surface area contributed by atoms with Crippen LogP contribution in [-0.4, -0.2) is 27.2 Å². The first-order valence-corrected chi connectivity index (χ1v) is 10.4. The Labute approximate surface area is 173 Å². The van der Waals surface area contributed by atoms with Crippen LogP contribution in [0.15, 0.2) is 33.2 Å². The highest BCUT2D eigenvalue weighted by Gasteiger charge is 2.16. The second-order valence-electron chi connectivity index (χ2n) is 6.98. The molecule has 5 nitrogen and oxygen atoms in total. The summed E-state index contributed by atoms with van der Waals surface area (Å²) in [6, 6.07) is 7.85. The number of benzene rings is 2. The summed E-state index contributed by atoms with van der Waals surface area (Å²) in [5, 5.41) is 1.01. The highest BCUT2D eigenvalue weighted by Crippen LogP contribution is 2.36. The zero-order valence-electron chi connectivity index (χ0n) is 15.4. The summed E-state index contributed by atoms with van der Waals surface area (Å²) in [6.07, 6.45) is 0.0729. The van der Waals surface area contributed by atoms with Crippen LogP contribution >= 0.6 is 31.9 Å². The van der Waals surface area contributed by atoms with E-state index in [1.807, 2.05) is 52.0 Å². The van der Waals surface area contributed by atoms with Gasteiger partial charge in [-0.25, -0.2) is 9.97 Å². The molecule has 2 aromatic heterocycles. The minimum atomic E-state index is 0.0358. The van der Waals surface area contributed by atoms with Crippen molar-refractivity contribution in [2.45, 2.75) is 39.9 Å².